The number of benzene rings is 1. The van der Waals surface area contributed by atoms with Crippen LogP contribution in [0.25, 0.3) is 0 Å². The molecule has 2 amide bonds. The standard InChI is InChI=1S/C16H23N3O4S/c1-17(13-15-5-3-2-4-6-15)24(22,23)12-7-16(21)19-10-8-18(14-20)9-11-19/h2-6,14H,7-13H2,1H3. The van der Waals surface area contributed by atoms with Gasteiger partial charge in [0.2, 0.25) is 22.3 Å². The van der Waals surface area contributed by atoms with Gasteiger partial charge in [-0.1, -0.05) is 30.3 Å². The van der Waals surface area contributed by atoms with Crippen LogP contribution >= 0.6 is 0 Å². The Morgan fingerprint density at radius 2 is 1.79 bits per heavy atom. The minimum absolute atomic E-state index is 0.0391. The third kappa shape index (κ3) is 5.04. The molecule has 1 aliphatic heterocycles. The van der Waals surface area contributed by atoms with E-state index in [0.29, 0.717) is 26.2 Å². The van der Waals surface area contributed by atoms with Crippen LogP contribution < -0.4 is 0 Å². The Hall–Kier alpha value is -1.93. The number of sulfonamides is 1. The Bertz CT molecular complexity index is 655. The first-order valence-corrected chi connectivity index (χ1v) is 9.48. The lowest BCUT2D eigenvalue weighted by Gasteiger charge is -2.32. The molecule has 0 saturated carbocycles. The lowest BCUT2D eigenvalue weighted by atomic mass is 10.2. The molecule has 132 valence electrons. The predicted molar refractivity (Wildman–Crippen MR) is 90.5 cm³/mol. The Labute approximate surface area is 142 Å². The molecule has 0 atom stereocenters. The quantitative estimate of drug-likeness (QED) is 0.653. The van der Waals surface area contributed by atoms with Crippen molar-refractivity contribution in [1.29, 1.82) is 0 Å². The Balaban J connectivity index is 1.83. The van der Waals surface area contributed by atoms with Crippen LogP contribution in [0.2, 0.25) is 0 Å². The molecule has 0 radical (unpaired) electrons. The summed E-state index contributed by atoms with van der Waals surface area (Å²) in [6.07, 6.45) is 0.730. The van der Waals surface area contributed by atoms with Gasteiger partial charge >= 0.3 is 0 Å². The maximum Gasteiger partial charge on any atom is 0.223 e. The van der Waals surface area contributed by atoms with Gasteiger partial charge in [0.15, 0.2) is 0 Å². The van der Waals surface area contributed by atoms with E-state index < -0.39 is 10.0 Å². The Morgan fingerprint density at radius 3 is 2.38 bits per heavy atom. The normalized spacial score (nSPS) is 15.6. The number of hydrogen-bond acceptors (Lipinski definition) is 4. The molecule has 2 rings (SSSR count). The second kappa shape index (κ2) is 8.25. The molecular weight excluding hydrogens is 330 g/mol. The SMILES string of the molecule is CN(Cc1ccccc1)S(=O)(=O)CCC(=O)N1CCN(C=O)CC1. The van der Waals surface area contributed by atoms with Crippen molar-refractivity contribution in [3.63, 3.8) is 0 Å². The molecule has 1 aromatic rings. The third-order valence-corrected chi connectivity index (χ3v) is 5.91. The topological polar surface area (TPSA) is 78.0 Å². The monoisotopic (exact) mass is 353 g/mol. The van der Waals surface area contributed by atoms with Gasteiger partial charge in [-0.05, 0) is 5.56 Å². The highest BCUT2D eigenvalue weighted by atomic mass is 32.2. The first-order valence-electron chi connectivity index (χ1n) is 7.87. The van der Waals surface area contributed by atoms with E-state index in [4.69, 9.17) is 0 Å². The number of carbonyl (C=O) groups excluding carboxylic acids is 2. The van der Waals surface area contributed by atoms with Gasteiger partial charge < -0.3 is 9.80 Å². The molecule has 0 aliphatic carbocycles. The highest BCUT2D eigenvalue weighted by molar-refractivity contribution is 7.89. The van der Waals surface area contributed by atoms with Crippen molar-refractivity contribution in [2.45, 2.75) is 13.0 Å². The van der Waals surface area contributed by atoms with E-state index in [1.165, 1.54) is 11.4 Å². The largest absolute Gasteiger partial charge is 0.342 e. The summed E-state index contributed by atoms with van der Waals surface area (Å²) in [5.41, 5.74) is 0.903. The fourth-order valence-corrected chi connectivity index (χ4v) is 3.64. The van der Waals surface area contributed by atoms with Gasteiger partial charge in [0.25, 0.3) is 0 Å². The fraction of sp³-hybridized carbons (Fsp3) is 0.500. The van der Waals surface area contributed by atoms with E-state index in [-0.39, 0.29) is 24.6 Å². The van der Waals surface area contributed by atoms with Crippen molar-refractivity contribution in [2.24, 2.45) is 0 Å². The zero-order valence-corrected chi connectivity index (χ0v) is 14.6. The van der Waals surface area contributed by atoms with Crippen molar-refractivity contribution < 1.29 is 18.0 Å². The summed E-state index contributed by atoms with van der Waals surface area (Å²) < 4.78 is 25.9. The third-order valence-electron chi connectivity index (χ3n) is 4.11. The fourth-order valence-electron chi connectivity index (χ4n) is 2.55. The van der Waals surface area contributed by atoms with Crippen molar-refractivity contribution in [2.75, 3.05) is 39.0 Å². The number of amides is 2. The number of nitrogens with zero attached hydrogens (tertiary/aromatic N) is 3. The van der Waals surface area contributed by atoms with E-state index in [2.05, 4.69) is 0 Å². The molecule has 0 unspecified atom stereocenters. The maximum atomic E-state index is 12.3. The molecule has 1 fully saturated rings. The van der Waals surface area contributed by atoms with Crippen molar-refractivity contribution in [3.8, 4) is 0 Å². The van der Waals surface area contributed by atoms with Gasteiger partial charge in [-0.25, -0.2) is 12.7 Å². The van der Waals surface area contributed by atoms with E-state index in [9.17, 15) is 18.0 Å². The minimum Gasteiger partial charge on any atom is -0.342 e. The molecule has 1 saturated heterocycles. The molecule has 1 aromatic carbocycles. The molecule has 1 aliphatic rings. The molecule has 0 spiro atoms. The maximum absolute atomic E-state index is 12.3. The van der Waals surface area contributed by atoms with Gasteiger partial charge in [-0.2, -0.15) is 0 Å². The number of piperazine rings is 1. The smallest absolute Gasteiger partial charge is 0.223 e. The average Bonchev–Trinajstić information content (AvgIpc) is 2.60. The van der Waals surface area contributed by atoms with Crippen LogP contribution in [-0.2, 0) is 26.2 Å². The van der Waals surface area contributed by atoms with E-state index in [0.717, 1.165) is 12.0 Å². The summed E-state index contributed by atoms with van der Waals surface area (Å²) in [6, 6.07) is 9.32. The zero-order chi connectivity index (χ0) is 17.6. The van der Waals surface area contributed by atoms with Crippen LogP contribution in [0.3, 0.4) is 0 Å². The summed E-state index contributed by atoms with van der Waals surface area (Å²) in [5, 5.41) is 0. The van der Waals surface area contributed by atoms with E-state index in [1.54, 1.807) is 9.80 Å². The van der Waals surface area contributed by atoms with Gasteiger partial charge in [0.05, 0.1) is 5.75 Å². The lowest BCUT2D eigenvalue weighted by Crippen LogP contribution is -2.48. The summed E-state index contributed by atoms with van der Waals surface area (Å²) in [5.74, 6) is -0.388. The zero-order valence-electron chi connectivity index (χ0n) is 13.8. The highest BCUT2D eigenvalue weighted by Gasteiger charge is 2.24. The molecule has 0 bridgehead atoms. The van der Waals surface area contributed by atoms with Gasteiger partial charge in [-0.15, -0.1) is 0 Å². The molecule has 0 aromatic heterocycles. The van der Waals surface area contributed by atoms with Crippen molar-refractivity contribution in [1.82, 2.24) is 14.1 Å². The van der Waals surface area contributed by atoms with Gasteiger partial charge in [0.1, 0.15) is 0 Å². The number of hydrogen-bond donors (Lipinski definition) is 0. The second-order valence-electron chi connectivity index (χ2n) is 5.83. The summed E-state index contributed by atoms with van der Waals surface area (Å²) >= 11 is 0. The highest BCUT2D eigenvalue weighted by Crippen LogP contribution is 2.10. The number of rotatable bonds is 7. The van der Waals surface area contributed by atoms with Crippen LogP contribution in [0.15, 0.2) is 30.3 Å². The Kier molecular flexibility index (Phi) is 6.33. The average molecular weight is 353 g/mol. The summed E-state index contributed by atoms with van der Waals surface area (Å²) in [6.45, 7) is 2.19. The molecular formula is C16H23N3O4S. The Morgan fingerprint density at radius 1 is 1.17 bits per heavy atom. The van der Waals surface area contributed by atoms with E-state index in [1.807, 2.05) is 30.3 Å². The van der Waals surface area contributed by atoms with Crippen molar-refractivity contribution >= 4 is 22.3 Å². The first kappa shape index (κ1) is 18.4. The predicted octanol–water partition coefficient (Wildman–Crippen LogP) is 0.139. The number of carbonyl (C=O) groups is 2. The first-order chi connectivity index (χ1) is 11.4. The van der Waals surface area contributed by atoms with Gasteiger partial charge in [-0.3, -0.25) is 9.59 Å². The molecule has 8 heteroatoms. The summed E-state index contributed by atoms with van der Waals surface area (Å²) in [7, 11) is -1.96. The molecule has 7 nitrogen and oxygen atoms in total. The van der Waals surface area contributed by atoms with Gasteiger partial charge in [0, 0.05) is 46.2 Å². The van der Waals surface area contributed by atoms with Crippen LogP contribution in [0, 0.1) is 0 Å². The molecule has 1 heterocycles. The van der Waals surface area contributed by atoms with E-state index >= 15 is 0 Å². The minimum atomic E-state index is -3.49. The van der Waals surface area contributed by atoms with Crippen LogP contribution in [0.4, 0.5) is 0 Å². The molecule has 0 N–H and O–H groups in total. The van der Waals surface area contributed by atoms with Crippen LogP contribution in [0.1, 0.15) is 12.0 Å². The van der Waals surface area contributed by atoms with Crippen LogP contribution in [-0.4, -0.2) is 73.8 Å². The second-order valence-corrected chi connectivity index (χ2v) is 8.03. The van der Waals surface area contributed by atoms with Crippen LogP contribution in [0.5, 0.6) is 0 Å². The lowest BCUT2D eigenvalue weighted by molar-refractivity contribution is -0.134. The van der Waals surface area contributed by atoms with Crippen molar-refractivity contribution in [3.05, 3.63) is 35.9 Å². The molecule has 24 heavy (non-hydrogen) atoms. The summed E-state index contributed by atoms with van der Waals surface area (Å²) in [4.78, 5) is 26.0.